The molecule has 1 aromatic carbocycles. The molecule has 2 aromatic rings. The Morgan fingerprint density at radius 1 is 1.53 bits per heavy atom. The van der Waals surface area contributed by atoms with Gasteiger partial charge in [0.25, 0.3) is 0 Å². The molecule has 1 fully saturated rings. The van der Waals surface area contributed by atoms with E-state index >= 15 is 0 Å². The van der Waals surface area contributed by atoms with Crippen LogP contribution in [0.15, 0.2) is 24.3 Å². The number of carbonyl (C=O) groups excluding carboxylic acids is 1. The molecule has 1 saturated heterocycles. The van der Waals surface area contributed by atoms with Gasteiger partial charge in [0.15, 0.2) is 0 Å². The highest BCUT2D eigenvalue weighted by atomic mass is 16.5. The maximum Gasteiger partial charge on any atom is 0.225 e. The number of ether oxygens (including phenoxy) is 1. The molecular weight excluding hydrogens is 242 g/mol. The van der Waals surface area contributed by atoms with Crippen LogP contribution >= 0.6 is 0 Å². The van der Waals surface area contributed by atoms with E-state index in [1.807, 2.05) is 31.2 Å². The lowest BCUT2D eigenvalue weighted by Crippen LogP contribution is -2.30. The van der Waals surface area contributed by atoms with Crippen LogP contribution in [0.3, 0.4) is 0 Å². The van der Waals surface area contributed by atoms with E-state index < -0.39 is 0 Å². The fourth-order valence-electron chi connectivity index (χ4n) is 2.40. The largest absolute Gasteiger partial charge is 0.378 e. The second-order valence-corrected chi connectivity index (χ2v) is 5.00. The highest BCUT2D eigenvalue weighted by Crippen LogP contribution is 2.19. The van der Waals surface area contributed by atoms with Gasteiger partial charge in [0.1, 0.15) is 5.82 Å². The van der Waals surface area contributed by atoms with E-state index in [9.17, 15) is 4.79 Å². The third kappa shape index (κ3) is 2.61. The van der Waals surface area contributed by atoms with Gasteiger partial charge in [-0.25, -0.2) is 4.98 Å². The Morgan fingerprint density at radius 2 is 2.37 bits per heavy atom. The topological polar surface area (TPSA) is 67.0 Å². The van der Waals surface area contributed by atoms with Gasteiger partial charge in [-0.3, -0.25) is 4.79 Å². The number of aromatic amines is 1. The van der Waals surface area contributed by atoms with E-state index in [0.29, 0.717) is 13.2 Å². The fraction of sp³-hybridized carbons (Fsp3) is 0.429. The van der Waals surface area contributed by atoms with Crippen LogP contribution in [0.2, 0.25) is 0 Å². The van der Waals surface area contributed by atoms with Gasteiger partial charge in [-0.15, -0.1) is 0 Å². The van der Waals surface area contributed by atoms with Crippen molar-refractivity contribution in [3.05, 3.63) is 30.1 Å². The van der Waals surface area contributed by atoms with Gasteiger partial charge in [-0.05, 0) is 25.5 Å². The number of rotatable bonds is 3. The number of carbonyl (C=O) groups is 1. The number of hydrogen-bond acceptors (Lipinski definition) is 3. The van der Waals surface area contributed by atoms with Crippen LogP contribution < -0.4 is 5.32 Å². The SMILES string of the molecule is CC1CC(C(=O)NCc2nc3ccccc3[nH]2)CO1. The molecule has 0 spiro atoms. The Labute approximate surface area is 111 Å². The molecule has 1 amide bonds. The van der Waals surface area contributed by atoms with Crippen molar-refractivity contribution in [3.63, 3.8) is 0 Å². The zero-order valence-corrected chi connectivity index (χ0v) is 10.8. The normalized spacial score (nSPS) is 22.8. The van der Waals surface area contributed by atoms with Crippen LogP contribution in [0.25, 0.3) is 11.0 Å². The van der Waals surface area contributed by atoms with Crippen molar-refractivity contribution in [2.45, 2.75) is 26.0 Å². The van der Waals surface area contributed by atoms with E-state index in [0.717, 1.165) is 23.3 Å². The molecule has 1 aliphatic rings. The number of hydrogen-bond donors (Lipinski definition) is 2. The lowest BCUT2D eigenvalue weighted by Gasteiger charge is -2.07. The number of benzene rings is 1. The van der Waals surface area contributed by atoms with Crippen molar-refractivity contribution >= 4 is 16.9 Å². The molecule has 3 rings (SSSR count). The lowest BCUT2D eigenvalue weighted by molar-refractivity contribution is -0.125. The first kappa shape index (κ1) is 12.2. The smallest absolute Gasteiger partial charge is 0.225 e. The zero-order valence-electron chi connectivity index (χ0n) is 10.8. The van der Waals surface area contributed by atoms with E-state index in [2.05, 4.69) is 15.3 Å². The predicted molar refractivity (Wildman–Crippen MR) is 71.5 cm³/mol. The Balaban J connectivity index is 1.61. The lowest BCUT2D eigenvalue weighted by atomic mass is 10.1. The van der Waals surface area contributed by atoms with Crippen molar-refractivity contribution in [1.29, 1.82) is 0 Å². The Hall–Kier alpha value is -1.88. The minimum atomic E-state index is -0.0284. The number of imidazole rings is 1. The second-order valence-electron chi connectivity index (χ2n) is 5.00. The maximum absolute atomic E-state index is 11.9. The van der Waals surface area contributed by atoms with Gasteiger partial charge in [0.2, 0.25) is 5.91 Å². The highest BCUT2D eigenvalue weighted by Gasteiger charge is 2.27. The molecule has 1 aromatic heterocycles. The third-order valence-electron chi connectivity index (χ3n) is 3.44. The quantitative estimate of drug-likeness (QED) is 0.880. The van der Waals surface area contributed by atoms with Gasteiger partial charge >= 0.3 is 0 Å². The van der Waals surface area contributed by atoms with Crippen LogP contribution in [-0.2, 0) is 16.1 Å². The van der Waals surface area contributed by atoms with E-state index in [1.54, 1.807) is 0 Å². The average molecular weight is 259 g/mol. The third-order valence-corrected chi connectivity index (χ3v) is 3.44. The summed E-state index contributed by atoms with van der Waals surface area (Å²) in [6.45, 7) is 2.94. The fourth-order valence-corrected chi connectivity index (χ4v) is 2.40. The summed E-state index contributed by atoms with van der Waals surface area (Å²) in [5, 5.41) is 2.91. The summed E-state index contributed by atoms with van der Waals surface area (Å²) in [5.74, 6) is 0.797. The molecule has 5 nitrogen and oxygen atoms in total. The summed E-state index contributed by atoms with van der Waals surface area (Å²) in [6.07, 6.45) is 0.980. The summed E-state index contributed by atoms with van der Waals surface area (Å²) in [4.78, 5) is 19.6. The number of aromatic nitrogens is 2. The number of nitrogens with one attached hydrogen (secondary N) is 2. The molecule has 2 atom stereocenters. The summed E-state index contributed by atoms with van der Waals surface area (Å²) >= 11 is 0. The molecule has 2 N–H and O–H groups in total. The number of para-hydroxylation sites is 2. The predicted octanol–water partition coefficient (Wildman–Crippen LogP) is 1.60. The van der Waals surface area contributed by atoms with Crippen LogP contribution in [0.1, 0.15) is 19.2 Å². The number of nitrogens with zero attached hydrogens (tertiary/aromatic N) is 1. The van der Waals surface area contributed by atoms with E-state index in [1.165, 1.54) is 0 Å². The van der Waals surface area contributed by atoms with E-state index in [-0.39, 0.29) is 17.9 Å². The molecule has 100 valence electrons. The first-order valence-electron chi connectivity index (χ1n) is 6.55. The van der Waals surface area contributed by atoms with Crippen molar-refractivity contribution in [1.82, 2.24) is 15.3 Å². The minimum Gasteiger partial charge on any atom is -0.378 e. The van der Waals surface area contributed by atoms with Crippen molar-refractivity contribution in [2.24, 2.45) is 5.92 Å². The Kier molecular flexibility index (Phi) is 3.21. The first-order valence-corrected chi connectivity index (χ1v) is 6.55. The van der Waals surface area contributed by atoms with Gasteiger partial charge < -0.3 is 15.0 Å². The molecule has 5 heteroatoms. The monoisotopic (exact) mass is 259 g/mol. The Morgan fingerprint density at radius 3 is 3.11 bits per heavy atom. The van der Waals surface area contributed by atoms with Crippen LogP contribution in [0, 0.1) is 5.92 Å². The maximum atomic E-state index is 11.9. The van der Waals surface area contributed by atoms with Gasteiger partial charge in [-0.1, -0.05) is 12.1 Å². The number of H-pyrrole nitrogens is 1. The minimum absolute atomic E-state index is 0.0284. The van der Waals surface area contributed by atoms with Crippen molar-refractivity contribution in [2.75, 3.05) is 6.61 Å². The van der Waals surface area contributed by atoms with Gasteiger partial charge in [-0.2, -0.15) is 0 Å². The molecule has 2 unspecified atom stereocenters. The second kappa shape index (κ2) is 5.01. The molecule has 19 heavy (non-hydrogen) atoms. The Bertz CT molecular complexity index is 560. The number of amides is 1. The van der Waals surface area contributed by atoms with Crippen LogP contribution in [0.5, 0.6) is 0 Å². The van der Waals surface area contributed by atoms with E-state index in [4.69, 9.17) is 4.74 Å². The van der Waals surface area contributed by atoms with Crippen LogP contribution in [-0.4, -0.2) is 28.6 Å². The van der Waals surface area contributed by atoms with Gasteiger partial charge in [0.05, 0.1) is 36.2 Å². The standard InChI is InChI=1S/C14H17N3O2/c1-9-6-10(8-19-9)14(18)15-7-13-16-11-4-2-3-5-12(11)17-13/h2-5,9-10H,6-8H2,1H3,(H,15,18)(H,16,17). The zero-order chi connectivity index (χ0) is 13.2. The molecule has 0 bridgehead atoms. The highest BCUT2D eigenvalue weighted by molar-refractivity contribution is 5.79. The molecular formula is C14H17N3O2. The van der Waals surface area contributed by atoms with Crippen molar-refractivity contribution in [3.8, 4) is 0 Å². The molecule has 0 aliphatic carbocycles. The van der Waals surface area contributed by atoms with Gasteiger partial charge in [0, 0.05) is 0 Å². The molecule has 0 radical (unpaired) electrons. The molecule has 0 saturated carbocycles. The summed E-state index contributed by atoms with van der Waals surface area (Å²) in [5.41, 5.74) is 1.91. The first-order chi connectivity index (χ1) is 9.22. The summed E-state index contributed by atoms with van der Waals surface area (Å²) < 4.78 is 5.40. The van der Waals surface area contributed by atoms with Crippen molar-refractivity contribution < 1.29 is 9.53 Å². The molecule has 2 heterocycles. The number of fused-ring (bicyclic) bond motifs is 1. The van der Waals surface area contributed by atoms with Crippen LogP contribution in [0.4, 0.5) is 0 Å². The average Bonchev–Trinajstić information content (AvgIpc) is 3.01. The summed E-state index contributed by atoms with van der Waals surface area (Å²) in [6, 6.07) is 7.83. The summed E-state index contributed by atoms with van der Waals surface area (Å²) in [7, 11) is 0. The molecule has 1 aliphatic heterocycles.